The van der Waals surface area contributed by atoms with Gasteiger partial charge in [0.2, 0.25) is 0 Å². The molecule has 0 radical (unpaired) electrons. The molecule has 0 aliphatic carbocycles. The van der Waals surface area contributed by atoms with Crippen molar-refractivity contribution in [3.05, 3.63) is 212 Å². The van der Waals surface area contributed by atoms with E-state index in [0.717, 1.165) is 34.1 Å². The molecule has 0 atom stereocenters. The lowest BCUT2D eigenvalue weighted by atomic mass is 9.35. The number of hydrogen-bond acceptors (Lipinski definition) is 4. The van der Waals surface area contributed by atoms with Gasteiger partial charge in [0.1, 0.15) is 4.83 Å². The van der Waals surface area contributed by atoms with Crippen LogP contribution in [0.15, 0.2) is 212 Å². The van der Waals surface area contributed by atoms with Crippen molar-refractivity contribution < 1.29 is 0 Å². The van der Waals surface area contributed by atoms with Gasteiger partial charge in [0.05, 0.1) is 5.69 Å². The van der Waals surface area contributed by atoms with Crippen LogP contribution < -0.4 is 31.2 Å². The van der Waals surface area contributed by atoms with E-state index in [-0.39, 0.29) is 6.71 Å². The Hall–Kier alpha value is -7.28. The zero-order valence-electron chi connectivity index (χ0n) is 31.5. The number of anilines is 9. The Bertz CT molecular complexity index is 3090. The predicted octanol–water partition coefficient (Wildman–Crippen LogP) is 12.4. The van der Waals surface area contributed by atoms with Gasteiger partial charge in [0.15, 0.2) is 0 Å². The van der Waals surface area contributed by atoms with E-state index in [4.69, 9.17) is 0 Å². The fourth-order valence-corrected chi connectivity index (χ4v) is 10.7. The summed E-state index contributed by atoms with van der Waals surface area (Å²) >= 11 is 1.89. The van der Waals surface area contributed by atoms with Crippen LogP contribution >= 0.6 is 11.3 Å². The van der Waals surface area contributed by atoms with Gasteiger partial charge in [-0.05, 0) is 102 Å². The maximum absolute atomic E-state index is 2.58. The van der Waals surface area contributed by atoms with Crippen molar-refractivity contribution >= 4 is 106 Å². The van der Waals surface area contributed by atoms with Crippen molar-refractivity contribution in [1.29, 1.82) is 0 Å². The smallest absolute Gasteiger partial charge is 0.273 e. The molecule has 0 fully saturated rings. The van der Waals surface area contributed by atoms with E-state index in [1.165, 1.54) is 59.6 Å². The van der Waals surface area contributed by atoms with Crippen LogP contribution in [0.2, 0.25) is 0 Å². The average molecular weight is 759 g/mol. The Morgan fingerprint density at radius 3 is 1.60 bits per heavy atom. The third-order valence-electron chi connectivity index (χ3n) is 11.7. The summed E-state index contributed by atoms with van der Waals surface area (Å²) in [7, 11) is 0. The quantitative estimate of drug-likeness (QED) is 0.157. The van der Waals surface area contributed by atoms with E-state index >= 15 is 0 Å². The molecule has 0 unspecified atom stereocenters. The normalized spacial score (nSPS) is 12.7. The summed E-state index contributed by atoms with van der Waals surface area (Å²) < 4.78 is 3.87. The Balaban J connectivity index is 1.21. The van der Waals surface area contributed by atoms with E-state index in [9.17, 15) is 0 Å². The number of para-hydroxylation sites is 5. The second-order valence-corrected chi connectivity index (χ2v) is 15.9. The fraction of sp³-hybridized carbons (Fsp3) is 0. The molecule has 0 saturated heterocycles. The van der Waals surface area contributed by atoms with Crippen LogP contribution in [0.4, 0.5) is 51.2 Å². The van der Waals surface area contributed by atoms with Crippen molar-refractivity contribution in [1.82, 2.24) is 4.57 Å². The van der Waals surface area contributed by atoms with Gasteiger partial charge < -0.3 is 19.3 Å². The highest BCUT2D eigenvalue weighted by Gasteiger charge is 2.47. The summed E-state index contributed by atoms with van der Waals surface area (Å²) in [5.41, 5.74) is 15.4. The Morgan fingerprint density at radius 2 is 0.966 bits per heavy atom. The third kappa shape index (κ3) is 4.89. The van der Waals surface area contributed by atoms with E-state index < -0.39 is 0 Å². The molecule has 2 aromatic heterocycles. The second kappa shape index (κ2) is 13.2. The molecule has 58 heavy (non-hydrogen) atoms. The molecule has 12 rings (SSSR count). The lowest BCUT2D eigenvalue weighted by Crippen LogP contribution is -2.62. The minimum atomic E-state index is -0.0642. The molecule has 4 heterocycles. The number of aromatic nitrogens is 1. The first-order valence-electron chi connectivity index (χ1n) is 19.8. The van der Waals surface area contributed by atoms with Crippen molar-refractivity contribution in [2.75, 3.05) is 14.7 Å². The van der Waals surface area contributed by atoms with E-state index in [1.807, 2.05) is 11.3 Å². The van der Waals surface area contributed by atoms with Crippen LogP contribution in [0, 0.1) is 0 Å². The highest BCUT2D eigenvalue weighted by Crippen LogP contribution is 2.51. The van der Waals surface area contributed by atoms with Crippen LogP contribution in [-0.2, 0) is 0 Å². The van der Waals surface area contributed by atoms with Crippen LogP contribution in [0.25, 0.3) is 26.0 Å². The van der Waals surface area contributed by atoms with Gasteiger partial charge in [-0.1, -0.05) is 121 Å². The van der Waals surface area contributed by atoms with E-state index in [0.29, 0.717) is 0 Å². The first-order valence-corrected chi connectivity index (χ1v) is 20.6. The maximum atomic E-state index is 2.58. The molecule has 0 bridgehead atoms. The van der Waals surface area contributed by atoms with Crippen LogP contribution in [-0.4, -0.2) is 11.3 Å². The molecule has 0 saturated carbocycles. The molecule has 2 aliphatic rings. The minimum Gasteiger partial charge on any atom is -0.311 e. The highest BCUT2D eigenvalue weighted by atomic mass is 32.1. The average Bonchev–Trinajstić information content (AvgIpc) is 3.83. The van der Waals surface area contributed by atoms with Gasteiger partial charge in [0.25, 0.3) is 6.71 Å². The second-order valence-electron chi connectivity index (χ2n) is 14.9. The molecule has 6 heteroatoms. The minimum absolute atomic E-state index is 0.0642. The number of thiophene rings is 1. The first-order chi connectivity index (χ1) is 28.8. The van der Waals surface area contributed by atoms with Crippen molar-refractivity contribution in [2.45, 2.75) is 0 Å². The summed E-state index contributed by atoms with van der Waals surface area (Å²) in [6.45, 7) is -0.0642. The topological polar surface area (TPSA) is 14.7 Å². The lowest BCUT2D eigenvalue weighted by Gasteiger charge is -2.44. The number of benzene rings is 8. The van der Waals surface area contributed by atoms with Crippen molar-refractivity contribution in [3.63, 3.8) is 0 Å². The molecule has 0 spiro atoms. The zero-order chi connectivity index (χ0) is 38.2. The maximum Gasteiger partial charge on any atom is 0.273 e. The number of hydrogen-bond donors (Lipinski definition) is 0. The summed E-state index contributed by atoms with van der Waals surface area (Å²) in [6.07, 6.45) is 0. The Labute approximate surface area is 341 Å². The van der Waals surface area contributed by atoms with E-state index in [1.54, 1.807) is 0 Å². The molecule has 0 amide bonds. The Kier molecular flexibility index (Phi) is 7.47. The van der Waals surface area contributed by atoms with Crippen LogP contribution in [0.5, 0.6) is 0 Å². The molecule has 272 valence electrons. The zero-order valence-corrected chi connectivity index (χ0v) is 32.3. The van der Waals surface area contributed by atoms with Gasteiger partial charge in [-0.2, -0.15) is 0 Å². The van der Waals surface area contributed by atoms with Gasteiger partial charge in [0, 0.05) is 72.3 Å². The molecule has 10 aromatic rings. The summed E-state index contributed by atoms with van der Waals surface area (Å²) in [5, 5.41) is 2.58. The molecular weight excluding hydrogens is 723 g/mol. The molecular formula is C52H35BN4S. The summed E-state index contributed by atoms with van der Waals surface area (Å²) in [4.78, 5) is 8.66. The molecule has 8 aromatic carbocycles. The third-order valence-corrected chi connectivity index (χ3v) is 12.9. The monoisotopic (exact) mass is 758 g/mol. The summed E-state index contributed by atoms with van der Waals surface area (Å²) in [5.74, 6) is 0. The van der Waals surface area contributed by atoms with Gasteiger partial charge in [-0.3, -0.25) is 0 Å². The summed E-state index contributed by atoms with van der Waals surface area (Å²) in [6, 6.07) is 77.1. The largest absolute Gasteiger partial charge is 0.311 e. The highest BCUT2D eigenvalue weighted by molar-refractivity contribution is 7.26. The van der Waals surface area contributed by atoms with Crippen LogP contribution in [0.1, 0.15) is 0 Å². The van der Waals surface area contributed by atoms with Gasteiger partial charge in [-0.15, -0.1) is 11.3 Å². The molecule has 4 nitrogen and oxygen atoms in total. The molecule has 0 N–H and O–H groups in total. The number of fused-ring (bicyclic) bond motifs is 8. The molecule has 2 aliphatic heterocycles. The van der Waals surface area contributed by atoms with Gasteiger partial charge in [-0.25, -0.2) is 0 Å². The number of nitrogens with zero attached hydrogens (tertiary/aromatic N) is 4. The standard InChI is InChI=1S/C52H35BN4S/c1-6-19-36(20-7-1)54(37-21-8-2-9-22-37)41-33-34-43-46(35-41)55(38-23-10-3-11-24-38)44-30-18-31-45-49(44)53(43)51-50(56(45)39-25-12-4-13-26-39)48-42-29-16-17-32-47(42)58-52(48)57(51)40-27-14-5-15-28-40/h1-35H. The Morgan fingerprint density at radius 1 is 0.431 bits per heavy atom. The van der Waals surface area contributed by atoms with Crippen molar-refractivity contribution in [2.24, 2.45) is 0 Å². The predicted molar refractivity (Wildman–Crippen MR) is 247 cm³/mol. The first kappa shape index (κ1) is 32.9. The SMILES string of the molecule is c1ccc(N(c2ccccc2)c2ccc3c(c2)N(c2ccccc2)c2cccc4c2B3c2c(c3c5ccccc5sc3n2-c2ccccc2)N4c2ccccc2)cc1. The number of rotatable bonds is 6. The van der Waals surface area contributed by atoms with E-state index in [2.05, 4.69) is 232 Å². The van der Waals surface area contributed by atoms with Crippen LogP contribution in [0.3, 0.4) is 0 Å². The lowest BCUT2D eigenvalue weighted by molar-refractivity contribution is 1.16. The van der Waals surface area contributed by atoms with Crippen molar-refractivity contribution in [3.8, 4) is 5.69 Å². The fourth-order valence-electron chi connectivity index (χ4n) is 9.42. The van der Waals surface area contributed by atoms with Gasteiger partial charge >= 0.3 is 0 Å².